The number of piperazine rings is 1. The molecular formula is C33H34ClN3O3S. The largest absolute Gasteiger partial charge is 0.339 e. The Morgan fingerprint density at radius 3 is 1.88 bits per heavy atom. The van der Waals surface area contributed by atoms with E-state index in [1.165, 1.54) is 27.6 Å². The Morgan fingerprint density at radius 2 is 1.34 bits per heavy atom. The van der Waals surface area contributed by atoms with Gasteiger partial charge in [0.05, 0.1) is 16.6 Å². The SMILES string of the molecule is Cc1ccc(N(CC(=O)N2CCN(C(c3ccccc3)c3ccccc3)CC2)S(=O)(=O)c2ccc(Cl)cc2)cc1C. The molecule has 1 fully saturated rings. The molecule has 0 aliphatic carbocycles. The fourth-order valence-electron chi connectivity index (χ4n) is 5.27. The lowest BCUT2D eigenvalue weighted by atomic mass is 9.96. The van der Waals surface area contributed by atoms with Crippen LogP contribution in [0.2, 0.25) is 5.02 Å². The van der Waals surface area contributed by atoms with Gasteiger partial charge in [0.15, 0.2) is 0 Å². The molecule has 0 N–H and O–H groups in total. The molecule has 0 saturated carbocycles. The van der Waals surface area contributed by atoms with Crippen LogP contribution in [0, 0.1) is 13.8 Å². The minimum Gasteiger partial charge on any atom is -0.339 e. The van der Waals surface area contributed by atoms with Gasteiger partial charge >= 0.3 is 0 Å². The summed E-state index contributed by atoms with van der Waals surface area (Å²) in [6, 6.07) is 32.3. The molecule has 1 saturated heterocycles. The van der Waals surface area contributed by atoms with E-state index in [-0.39, 0.29) is 23.4 Å². The molecule has 212 valence electrons. The van der Waals surface area contributed by atoms with Crippen molar-refractivity contribution in [1.82, 2.24) is 9.80 Å². The first-order valence-electron chi connectivity index (χ1n) is 13.7. The van der Waals surface area contributed by atoms with Crippen molar-refractivity contribution in [2.45, 2.75) is 24.8 Å². The van der Waals surface area contributed by atoms with Crippen molar-refractivity contribution in [3.05, 3.63) is 130 Å². The van der Waals surface area contributed by atoms with Crippen molar-refractivity contribution in [3.63, 3.8) is 0 Å². The van der Waals surface area contributed by atoms with Crippen LogP contribution in [0.3, 0.4) is 0 Å². The zero-order valence-electron chi connectivity index (χ0n) is 23.3. The van der Waals surface area contributed by atoms with Gasteiger partial charge in [0.2, 0.25) is 5.91 Å². The minimum absolute atomic E-state index is 0.0759. The number of anilines is 1. The van der Waals surface area contributed by atoms with E-state index >= 15 is 0 Å². The molecule has 0 spiro atoms. The molecule has 4 aromatic carbocycles. The van der Waals surface area contributed by atoms with E-state index in [0.29, 0.717) is 36.9 Å². The molecule has 41 heavy (non-hydrogen) atoms. The van der Waals surface area contributed by atoms with Crippen molar-refractivity contribution in [2.75, 3.05) is 37.0 Å². The van der Waals surface area contributed by atoms with Gasteiger partial charge in [-0.15, -0.1) is 0 Å². The number of benzene rings is 4. The van der Waals surface area contributed by atoms with Crippen LogP contribution in [0.1, 0.15) is 28.3 Å². The summed E-state index contributed by atoms with van der Waals surface area (Å²) in [5.74, 6) is -0.226. The first-order valence-corrected chi connectivity index (χ1v) is 15.5. The minimum atomic E-state index is -4.01. The maximum atomic E-state index is 13.8. The summed E-state index contributed by atoms with van der Waals surface area (Å²) in [4.78, 5) is 17.9. The maximum Gasteiger partial charge on any atom is 0.264 e. The fraction of sp³-hybridized carbons (Fsp3) is 0.242. The third-order valence-corrected chi connectivity index (χ3v) is 9.76. The lowest BCUT2D eigenvalue weighted by molar-refractivity contribution is -0.131. The standard InChI is InChI=1S/C33H34ClN3O3S/c1-25-13-16-30(23-26(25)2)37(41(39,40)31-17-14-29(34)15-18-31)24-32(38)35-19-21-36(22-20-35)33(27-9-5-3-6-10-27)28-11-7-4-8-12-28/h3-18,23,33H,19-22,24H2,1-2H3. The summed E-state index contributed by atoms with van der Waals surface area (Å²) >= 11 is 6.02. The van der Waals surface area contributed by atoms with Gasteiger partial charge in [0, 0.05) is 31.2 Å². The number of amides is 1. The molecule has 0 bridgehead atoms. The molecule has 5 rings (SSSR count). The third kappa shape index (κ3) is 6.48. The zero-order chi connectivity index (χ0) is 29.0. The topological polar surface area (TPSA) is 60.9 Å². The molecule has 4 aromatic rings. The molecule has 0 atom stereocenters. The van der Waals surface area contributed by atoms with E-state index in [4.69, 9.17) is 11.6 Å². The Morgan fingerprint density at radius 1 is 0.780 bits per heavy atom. The van der Waals surface area contributed by atoms with Crippen molar-refractivity contribution in [2.24, 2.45) is 0 Å². The summed E-state index contributed by atoms with van der Waals surface area (Å²) in [6.45, 7) is 5.99. The van der Waals surface area contributed by atoms with Crippen LogP contribution >= 0.6 is 11.6 Å². The van der Waals surface area contributed by atoms with Crippen molar-refractivity contribution >= 4 is 33.2 Å². The van der Waals surface area contributed by atoms with E-state index in [9.17, 15) is 13.2 Å². The number of carbonyl (C=O) groups is 1. The van der Waals surface area contributed by atoms with E-state index in [1.54, 1.807) is 23.1 Å². The number of aryl methyl sites for hydroxylation is 2. The van der Waals surface area contributed by atoms with Gasteiger partial charge in [-0.3, -0.25) is 14.0 Å². The Bertz CT molecular complexity index is 1550. The van der Waals surface area contributed by atoms with Gasteiger partial charge in [0.1, 0.15) is 6.54 Å². The van der Waals surface area contributed by atoms with Crippen LogP contribution in [-0.2, 0) is 14.8 Å². The maximum absolute atomic E-state index is 13.8. The van der Waals surface area contributed by atoms with Gasteiger partial charge in [-0.05, 0) is 72.5 Å². The smallest absolute Gasteiger partial charge is 0.264 e. The summed E-state index contributed by atoms with van der Waals surface area (Å²) in [7, 11) is -4.01. The Labute approximate surface area is 247 Å². The van der Waals surface area contributed by atoms with Gasteiger partial charge in [-0.2, -0.15) is 0 Å². The molecule has 1 amide bonds. The summed E-state index contributed by atoms with van der Waals surface area (Å²) in [5, 5.41) is 0.444. The molecule has 6 nitrogen and oxygen atoms in total. The number of sulfonamides is 1. The second-order valence-electron chi connectivity index (χ2n) is 10.4. The monoisotopic (exact) mass is 587 g/mol. The highest BCUT2D eigenvalue weighted by Gasteiger charge is 2.32. The average molecular weight is 588 g/mol. The second-order valence-corrected chi connectivity index (χ2v) is 12.7. The first kappa shape index (κ1) is 28.9. The highest BCUT2D eigenvalue weighted by atomic mass is 35.5. The molecule has 1 aliphatic heterocycles. The summed E-state index contributed by atoms with van der Waals surface area (Å²) in [6.07, 6.45) is 0. The molecular weight excluding hydrogens is 554 g/mol. The summed E-state index contributed by atoms with van der Waals surface area (Å²) < 4.78 is 28.9. The zero-order valence-corrected chi connectivity index (χ0v) is 24.9. The molecule has 0 unspecified atom stereocenters. The molecule has 0 radical (unpaired) electrons. The predicted molar refractivity (Wildman–Crippen MR) is 165 cm³/mol. The van der Waals surface area contributed by atoms with Gasteiger partial charge in [-0.25, -0.2) is 8.42 Å². The lowest BCUT2D eigenvalue weighted by Crippen LogP contribution is -2.52. The van der Waals surface area contributed by atoms with Gasteiger partial charge in [-0.1, -0.05) is 78.3 Å². The Balaban J connectivity index is 1.36. The molecule has 8 heteroatoms. The van der Waals surface area contributed by atoms with Crippen molar-refractivity contribution in [1.29, 1.82) is 0 Å². The van der Waals surface area contributed by atoms with Crippen LogP contribution in [-0.4, -0.2) is 56.8 Å². The fourth-order valence-corrected chi connectivity index (χ4v) is 6.80. The lowest BCUT2D eigenvalue weighted by Gasteiger charge is -2.40. The number of hydrogen-bond donors (Lipinski definition) is 0. The Hall–Kier alpha value is -3.65. The summed E-state index contributed by atoms with van der Waals surface area (Å²) in [5.41, 5.74) is 4.87. The normalized spacial score (nSPS) is 14.3. The van der Waals surface area contributed by atoms with Gasteiger partial charge in [0.25, 0.3) is 10.0 Å². The van der Waals surface area contributed by atoms with Crippen molar-refractivity contribution < 1.29 is 13.2 Å². The van der Waals surface area contributed by atoms with E-state index in [1.807, 2.05) is 62.4 Å². The quantitative estimate of drug-likeness (QED) is 0.250. The van der Waals surface area contributed by atoms with E-state index in [2.05, 4.69) is 29.2 Å². The molecule has 1 heterocycles. The number of carbonyl (C=O) groups excluding carboxylic acids is 1. The van der Waals surface area contributed by atoms with E-state index in [0.717, 1.165) is 11.1 Å². The molecule has 1 aliphatic rings. The molecule has 0 aromatic heterocycles. The van der Waals surface area contributed by atoms with Crippen molar-refractivity contribution in [3.8, 4) is 0 Å². The average Bonchev–Trinajstić information content (AvgIpc) is 2.99. The highest BCUT2D eigenvalue weighted by Crippen LogP contribution is 2.30. The number of hydrogen-bond acceptors (Lipinski definition) is 4. The van der Waals surface area contributed by atoms with Crippen LogP contribution in [0.15, 0.2) is 108 Å². The van der Waals surface area contributed by atoms with Crippen LogP contribution in [0.5, 0.6) is 0 Å². The van der Waals surface area contributed by atoms with E-state index < -0.39 is 10.0 Å². The Kier molecular flexibility index (Phi) is 8.78. The van der Waals surface area contributed by atoms with Crippen LogP contribution in [0.4, 0.5) is 5.69 Å². The number of nitrogens with zero attached hydrogens (tertiary/aromatic N) is 3. The second kappa shape index (κ2) is 12.5. The van der Waals surface area contributed by atoms with Crippen LogP contribution in [0.25, 0.3) is 0 Å². The van der Waals surface area contributed by atoms with Crippen LogP contribution < -0.4 is 4.31 Å². The third-order valence-electron chi connectivity index (χ3n) is 7.72. The highest BCUT2D eigenvalue weighted by molar-refractivity contribution is 7.92. The number of halogens is 1. The predicted octanol–water partition coefficient (Wildman–Crippen LogP) is 6.09. The van der Waals surface area contributed by atoms with Gasteiger partial charge < -0.3 is 4.90 Å². The first-order chi connectivity index (χ1) is 19.7. The number of rotatable bonds is 8.